The van der Waals surface area contributed by atoms with Crippen LogP contribution >= 0.6 is 0 Å². The van der Waals surface area contributed by atoms with Gasteiger partial charge in [-0.05, 0) is 41.5 Å². The van der Waals surface area contributed by atoms with Gasteiger partial charge in [-0.15, -0.1) is 0 Å². The maximum atomic E-state index is 11.2. The zero-order valence-corrected chi connectivity index (χ0v) is 29.2. The predicted molar refractivity (Wildman–Crippen MR) is 234 cm³/mol. The minimum atomic E-state index is 0.386. The summed E-state index contributed by atoms with van der Waals surface area (Å²) >= 11 is 0. The van der Waals surface area contributed by atoms with Gasteiger partial charge >= 0.3 is 0 Å². The molecular weight excluding hydrogens is 520 g/mol. The summed E-state index contributed by atoms with van der Waals surface area (Å²) in [7, 11) is 23.8. The van der Waals surface area contributed by atoms with Gasteiger partial charge in [-0.1, -0.05) is 24.8 Å². The highest BCUT2D eigenvalue weighted by atomic mass is 16.5. The van der Waals surface area contributed by atoms with Crippen molar-refractivity contribution in [1.29, 1.82) is 0 Å². The molecule has 2 fully saturated rings. The molecule has 0 amide bonds. The van der Waals surface area contributed by atoms with Crippen LogP contribution in [0.3, 0.4) is 0 Å². The van der Waals surface area contributed by atoms with E-state index in [0.717, 1.165) is 62.5 Å². The van der Waals surface area contributed by atoms with E-state index in [4.69, 9.17) is 14.2 Å². The second-order valence-electron chi connectivity index (χ2n) is 15.6. The number of carbonyl (C=O) groups excluding carboxylic acids is 1. The van der Waals surface area contributed by atoms with Crippen LogP contribution in [0.5, 0.6) is 17.2 Å². The van der Waals surface area contributed by atoms with Crippen molar-refractivity contribution in [3.05, 3.63) is 53.6 Å². The Kier molecular flexibility index (Phi) is 13.0. The molecule has 4 rings (SSSR count). The maximum Gasteiger partial charge on any atom is 0.150 e. The summed E-state index contributed by atoms with van der Waals surface area (Å²) < 4.78 is 19.1. The summed E-state index contributed by atoms with van der Waals surface area (Å²) in [4.78, 5) is 11.2. The van der Waals surface area contributed by atoms with Crippen LogP contribution in [-0.2, 0) is 6.61 Å². The van der Waals surface area contributed by atoms with E-state index in [-0.39, 0.29) is 0 Å². The molecule has 4 nitrogen and oxygen atoms in total. The van der Waals surface area contributed by atoms with Gasteiger partial charge in [0.15, 0.2) is 0 Å². The Labute approximate surface area is 280 Å². The zero-order chi connectivity index (χ0) is 32.1. The molecule has 2 aromatic carbocycles. The Hall–Kier alpha value is -1.19. The molecule has 0 aromatic heterocycles. The lowest BCUT2D eigenvalue weighted by atomic mass is 8.57. The van der Waals surface area contributed by atoms with Crippen LogP contribution < -0.4 is 14.2 Å². The number of carbonyl (C=O) groups is 1. The van der Waals surface area contributed by atoms with Crippen LogP contribution in [0.2, 0.25) is 24.3 Å². The van der Waals surface area contributed by atoms with Gasteiger partial charge in [-0.2, -0.15) is 0 Å². The average molecular weight is 561 g/mol. The van der Waals surface area contributed by atoms with Crippen molar-refractivity contribution in [3.63, 3.8) is 0 Å². The molecule has 0 saturated carbocycles. The molecule has 2 aliphatic rings. The quantitative estimate of drug-likeness (QED) is 0.134. The highest BCUT2D eigenvalue weighted by Crippen LogP contribution is 2.41. The normalized spacial score (nSPS) is 16.3. The first-order valence-corrected chi connectivity index (χ1v) is 17.5. The van der Waals surface area contributed by atoms with Crippen LogP contribution in [0.25, 0.3) is 0 Å². The molecular formula is C20H40B20O4. The van der Waals surface area contributed by atoms with Crippen molar-refractivity contribution in [1.82, 2.24) is 0 Å². The SMILES string of the molecule is BB(B)B(B)B(B(B)B)B1CC1COc1cc(COc2cccc(C=O)c2)cc(OCC2CB2B(B(B)B)B(B)B(B)B)c1. The number of ether oxygens (including phenoxy) is 3. The summed E-state index contributed by atoms with van der Waals surface area (Å²) in [6.45, 7) is 3.37. The Balaban J connectivity index is 1.43. The average Bonchev–Trinajstić information content (AvgIpc) is 3.91. The molecule has 0 radical (unpaired) electrons. The first-order chi connectivity index (χ1) is 20.9. The van der Waals surface area contributed by atoms with Crippen molar-refractivity contribution in [3.8, 4) is 17.2 Å². The van der Waals surface area contributed by atoms with E-state index in [1.165, 1.54) is 12.6 Å². The Morgan fingerprint density at radius 2 is 1.16 bits per heavy atom. The van der Waals surface area contributed by atoms with Crippen LogP contribution in [0.1, 0.15) is 15.9 Å². The fraction of sp³-hybridized carbons (Fsp3) is 0.350. The highest BCUT2D eigenvalue weighted by Gasteiger charge is 2.51. The molecule has 44 heavy (non-hydrogen) atoms. The molecule has 24 heteroatoms. The largest absolute Gasteiger partial charge is 0.494 e. The highest BCUT2D eigenvalue weighted by molar-refractivity contribution is 8.01. The summed E-state index contributed by atoms with van der Waals surface area (Å²) in [5.41, 5.74) is 1.62. The van der Waals surface area contributed by atoms with E-state index < -0.39 is 0 Å². The Morgan fingerprint density at radius 3 is 1.59 bits per heavy atom. The van der Waals surface area contributed by atoms with E-state index in [1.54, 1.807) is 12.1 Å². The van der Waals surface area contributed by atoms with Crippen LogP contribution in [0, 0.1) is 0 Å². The van der Waals surface area contributed by atoms with Crippen LogP contribution in [0.4, 0.5) is 0 Å². The lowest BCUT2D eigenvalue weighted by Gasteiger charge is -2.24. The van der Waals surface area contributed by atoms with Gasteiger partial charge in [-0.3, -0.25) is 4.79 Å². The minimum absolute atomic E-state index is 0.386. The number of hydrogen-bond acceptors (Lipinski definition) is 4. The number of benzene rings is 2. The van der Waals surface area contributed by atoms with E-state index in [9.17, 15) is 4.79 Å². The topological polar surface area (TPSA) is 44.8 Å². The molecule has 0 bridgehead atoms. The molecule has 204 valence electrons. The van der Waals surface area contributed by atoms with E-state index in [0.29, 0.717) is 67.9 Å². The number of rotatable bonds is 18. The fourth-order valence-corrected chi connectivity index (χ4v) is 7.87. The fourth-order valence-electron chi connectivity index (χ4n) is 7.87. The van der Waals surface area contributed by atoms with Crippen molar-refractivity contribution in [2.75, 3.05) is 13.2 Å². The molecule has 2 atom stereocenters. The Morgan fingerprint density at radius 1 is 0.659 bits per heavy atom. The molecule has 2 unspecified atom stereocenters. The smallest absolute Gasteiger partial charge is 0.150 e. The van der Waals surface area contributed by atoms with Crippen molar-refractivity contribution >= 4 is 148 Å². The molecule has 0 spiro atoms. The van der Waals surface area contributed by atoms with E-state index >= 15 is 0 Å². The van der Waals surface area contributed by atoms with Gasteiger partial charge in [0.2, 0.25) is 0 Å². The summed E-state index contributed by atoms with van der Waals surface area (Å²) in [6.07, 6.45) is 9.04. The van der Waals surface area contributed by atoms with Gasteiger partial charge in [0.05, 0.1) is 104 Å². The van der Waals surface area contributed by atoms with Crippen molar-refractivity contribution in [2.45, 2.75) is 30.9 Å². The summed E-state index contributed by atoms with van der Waals surface area (Å²) in [5.74, 6) is 3.62. The van der Waals surface area contributed by atoms with Crippen LogP contribution in [0.15, 0.2) is 42.5 Å². The molecule has 2 aromatic rings. The second-order valence-corrected chi connectivity index (χ2v) is 15.6. The van der Waals surface area contributed by atoms with Gasteiger partial charge in [0, 0.05) is 62.7 Å². The van der Waals surface area contributed by atoms with E-state index in [1.807, 2.05) is 12.1 Å². The standard InChI is InChI=1S/C20H40B20O4/c21-33(22)37(29)39(35(25)26)31-8-16(31)12-43-19-5-15(11-42-18-3-1-2-14(4-18)10-41)6-20(7-19)44-13-17-9-32(17)40(36(27)28)38(30)34(23)24/h1-7,10,16-17H,8-9,11-13,21-30H2. The number of hydrogen-bond donors (Lipinski definition) is 0. The zero-order valence-electron chi connectivity index (χ0n) is 29.2. The van der Waals surface area contributed by atoms with E-state index in [2.05, 4.69) is 95.6 Å². The van der Waals surface area contributed by atoms with Crippen LogP contribution in [-0.4, -0.2) is 161 Å². The van der Waals surface area contributed by atoms with Crippen molar-refractivity contribution < 1.29 is 19.0 Å². The van der Waals surface area contributed by atoms with Gasteiger partial charge < -0.3 is 14.2 Å². The third-order valence-corrected chi connectivity index (χ3v) is 11.1. The summed E-state index contributed by atoms with van der Waals surface area (Å²) in [6, 6.07) is 13.5. The lowest BCUT2D eigenvalue weighted by molar-refractivity contribution is 0.112. The first-order valence-electron chi connectivity index (χ1n) is 17.5. The lowest BCUT2D eigenvalue weighted by Crippen LogP contribution is -2.63. The maximum absolute atomic E-state index is 11.2. The molecule has 2 heterocycles. The summed E-state index contributed by atoms with van der Waals surface area (Å²) in [5, 5.41) is 0. The van der Waals surface area contributed by atoms with Gasteiger partial charge in [-0.25, -0.2) is 0 Å². The molecule has 0 N–H and O–H groups in total. The third kappa shape index (κ3) is 9.66. The third-order valence-electron chi connectivity index (χ3n) is 11.1. The number of aldehydes is 1. The molecule has 2 aliphatic heterocycles. The molecule has 0 aliphatic carbocycles. The molecule has 2 saturated heterocycles. The van der Waals surface area contributed by atoms with Gasteiger partial charge in [0.25, 0.3) is 0 Å². The second kappa shape index (κ2) is 16.1. The van der Waals surface area contributed by atoms with Crippen molar-refractivity contribution in [2.24, 2.45) is 0 Å². The van der Waals surface area contributed by atoms with Gasteiger partial charge in [0.1, 0.15) is 30.1 Å². The monoisotopic (exact) mass is 564 g/mol. The minimum Gasteiger partial charge on any atom is -0.494 e. The Bertz CT molecular complexity index is 1180. The first kappa shape index (κ1) is 35.7. The predicted octanol–water partition coefficient (Wildman–Crippen LogP) is -8.52.